The van der Waals surface area contributed by atoms with Crippen molar-refractivity contribution in [2.75, 3.05) is 0 Å². The van der Waals surface area contributed by atoms with Gasteiger partial charge in [-0.2, -0.15) is 0 Å². The average molecular weight is 152 g/mol. The van der Waals surface area contributed by atoms with Crippen LogP contribution < -0.4 is 0 Å². The van der Waals surface area contributed by atoms with Crippen molar-refractivity contribution in [3.05, 3.63) is 18.2 Å². The van der Waals surface area contributed by atoms with Crippen molar-refractivity contribution >= 4 is 6.29 Å². The van der Waals surface area contributed by atoms with Crippen LogP contribution >= 0.6 is 0 Å². The summed E-state index contributed by atoms with van der Waals surface area (Å²) < 4.78 is 1.87. The zero-order valence-electron chi connectivity index (χ0n) is 6.66. The van der Waals surface area contributed by atoms with Crippen LogP contribution in [0.4, 0.5) is 0 Å². The molecule has 0 fully saturated rings. The summed E-state index contributed by atoms with van der Waals surface area (Å²) in [4.78, 5) is 14.3. The van der Waals surface area contributed by atoms with Crippen molar-refractivity contribution in [2.45, 2.75) is 26.3 Å². The van der Waals surface area contributed by atoms with E-state index in [4.69, 9.17) is 0 Å². The number of aryl methyl sites for hydroxylation is 1. The Bertz CT molecular complexity index is 230. The molecule has 1 aromatic rings. The maximum atomic E-state index is 10.2. The summed E-state index contributed by atoms with van der Waals surface area (Å²) in [6, 6.07) is 0. The molecule has 0 unspecified atom stereocenters. The second-order valence-corrected chi connectivity index (χ2v) is 2.41. The number of carbonyl (C=O) groups is 1. The Labute approximate surface area is 66.1 Å². The molecule has 0 aliphatic rings. The second-order valence-electron chi connectivity index (χ2n) is 2.41. The highest BCUT2D eigenvalue weighted by Gasteiger charge is 1.98. The van der Waals surface area contributed by atoms with Crippen LogP contribution in [0.1, 0.15) is 19.2 Å². The molecule has 0 amide bonds. The first kappa shape index (κ1) is 7.98. The molecule has 1 aromatic heterocycles. The summed E-state index contributed by atoms with van der Waals surface area (Å²) >= 11 is 0. The van der Waals surface area contributed by atoms with E-state index in [0.717, 1.165) is 25.0 Å². The van der Waals surface area contributed by atoms with Gasteiger partial charge in [0.2, 0.25) is 0 Å². The highest BCUT2D eigenvalue weighted by molar-refractivity contribution is 5.49. The van der Waals surface area contributed by atoms with Crippen LogP contribution in [0.15, 0.2) is 12.4 Å². The van der Waals surface area contributed by atoms with E-state index < -0.39 is 0 Å². The molecule has 0 aliphatic heterocycles. The molecule has 0 saturated heterocycles. The maximum absolute atomic E-state index is 10.2. The van der Waals surface area contributed by atoms with Crippen LogP contribution in [-0.2, 0) is 17.8 Å². The fraction of sp³-hybridized carbons (Fsp3) is 0.500. The molecule has 0 aromatic carbocycles. The van der Waals surface area contributed by atoms with E-state index in [1.165, 1.54) is 0 Å². The molecule has 11 heavy (non-hydrogen) atoms. The van der Waals surface area contributed by atoms with Crippen molar-refractivity contribution < 1.29 is 4.79 Å². The van der Waals surface area contributed by atoms with Crippen molar-refractivity contribution in [3.63, 3.8) is 0 Å². The lowest BCUT2D eigenvalue weighted by molar-refractivity contribution is -0.108. The van der Waals surface area contributed by atoms with E-state index >= 15 is 0 Å². The first-order chi connectivity index (χ1) is 5.38. The van der Waals surface area contributed by atoms with Crippen LogP contribution in [0, 0.1) is 0 Å². The standard InChI is InChI=1S/C8H12N2O/c1-2-3-8-9-4-5-10(8)6-7-11/h4-5,7H,2-3,6H2,1H3. The minimum atomic E-state index is 0.426. The van der Waals surface area contributed by atoms with E-state index in [1.54, 1.807) is 6.20 Å². The number of aldehydes is 1. The Balaban J connectivity index is 2.69. The van der Waals surface area contributed by atoms with E-state index in [1.807, 2.05) is 10.8 Å². The number of imidazole rings is 1. The average Bonchev–Trinajstić information content (AvgIpc) is 2.39. The number of nitrogens with zero attached hydrogens (tertiary/aromatic N) is 2. The second kappa shape index (κ2) is 3.91. The molecule has 0 aliphatic carbocycles. The normalized spacial score (nSPS) is 9.91. The van der Waals surface area contributed by atoms with E-state index in [2.05, 4.69) is 11.9 Å². The first-order valence-electron chi connectivity index (χ1n) is 3.82. The zero-order valence-corrected chi connectivity index (χ0v) is 6.66. The van der Waals surface area contributed by atoms with Crippen molar-refractivity contribution in [1.82, 2.24) is 9.55 Å². The summed E-state index contributed by atoms with van der Waals surface area (Å²) in [6.45, 7) is 2.52. The van der Waals surface area contributed by atoms with Crippen LogP contribution in [0.5, 0.6) is 0 Å². The lowest BCUT2D eigenvalue weighted by Crippen LogP contribution is -2.03. The fourth-order valence-corrected chi connectivity index (χ4v) is 1.04. The topological polar surface area (TPSA) is 34.9 Å². The molecule has 0 saturated carbocycles. The quantitative estimate of drug-likeness (QED) is 0.604. The number of carbonyl (C=O) groups excluding carboxylic acids is 1. The Morgan fingerprint density at radius 1 is 1.73 bits per heavy atom. The number of hydrogen-bond donors (Lipinski definition) is 0. The van der Waals surface area contributed by atoms with Gasteiger partial charge in [-0.15, -0.1) is 0 Å². The minimum Gasteiger partial charge on any atom is -0.328 e. The predicted octanol–water partition coefficient (Wildman–Crippen LogP) is 1.03. The third kappa shape index (κ3) is 1.90. The SMILES string of the molecule is CCCc1nccn1CC=O. The third-order valence-corrected chi connectivity index (χ3v) is 1.55. The molecule has 0 radical (unpaired) electrons. The van der Waals surface area contributed by atoms with E-state index in [0.29, 0.717) is 6.54 Å². The van der Waals surface area contributed by atoms with Crippen LogP contribution in [0.2, 0.25) is 0 Å². The summed E-state index contributed by atoms with van der Waals surface area (Å²) in [5, 5.41) is 0. The van der Waals surface area contributed by atoms with Gasteiger partial charge >= 0.3 is 0 Å². The molecule has 0 bridgehead atoms. The number of aromatic nitrogens is 2. The summed E-state index contributed by atoms with van der Waals surface area (Å²) in [6.07, 6.45) is 6.46. The van der Waals surface area contributed by atoms with Gasteiger partial charge in [0.1, 0.15) is 12.1 Å². The molecule has 0 N–H and O–H groups in total. The number of rotatable bonds is 4. The van der Waals surface area contributed by atoms with Crippen LogP contribution in [-0.4, -0.2) is 15.8 Å². The predicted molar refractivity (Wildman–Crippen MR) is 42.3 cm³/mol. The summed E-state index contributed by atoms with van der Waals surface area (Å²) in [7, 11) is 0. The van der Waals surface area contributed by atoms with Gasteiger partial charge < -0.3 is 9.36 Å². The van der Waals surface area contributed by atoms with Gasteiger partial charge in [0.05, 0.1) is 6.54 Å². The van der Waals surface area contributed by atoms with Crippen LogP contribution in [0.25, 0.3) is 0 Å². The highest BCUT2D eigenvalue weighted by atomic mass is 16.1. The Morgan fingerprint density at radius 3 is 3.18 bits per heavy atom. The van der Waals surface area contributed by atoms with Gasteiger partial charge in [0.15, 0.2) is 0 Å². The molecular formula is C8H12N2O. The molecule has 3 heteroatoms. The van der Waals surface area contributed by atoms with Gasteiger partial charge in [-0.3, -0.25) is 0 Å². The molecule has 1 heterocycles. The lowest BCUT2D eigenvalue weighted by Gasteiger charge is -2.00. The van der Waals surface area contributed by atoms with E-state index in [9.17, 15) is 4.79 Å². The maximum Gasteiger partial charge on any atom is 0.139 e. The van der Waals surface area contributed by atoms with Gasteiger partial charge in [-0.25, -0.2) is 4.98 Å². The van der Waals surface area contributed by atoms with Crippen molar-refractivity contribution in [2.24, 2.45) is 0 Å². The highest BCUT2D eigenvalue weighted by Crippen LogP contribution is 1.99. The Kier molecular flexibility index (Phi) is 2.83. The monoisotopic (exact) mass is 152 g/mol. The first-order valence-corrected chi connectivity index (χ1v) is 3.82. The van der Waals surface area contributed by atoms with Crippen molar-refractivity contribution in [1.29, 1.82) is 0 Å². The molecule has 1 rings (SSSR count). The van der Waals surface area contributed by atoms with Gasteiger partial charge in [0, 0.05) is 18.8 Å². The smallest absolute Gasteiger partial charge is 0.139 e. The molecular weight excluding hydrogens is 140 g/mol. The van der Waals surface area contributed by atoms with Gasteiger partial charge in [0.25, 0.3) is 0 Å². The summed E-state index contributed by atoms with van der Waals surface area (Å²) in [5.74, 6) is 1.000. The van der Waals surface area contributed by atoms with E-state index in [-0.39, 0.29) is 0 Å². The van der Waals surface area contributed by atoms with Gasteiger partial charge in [-0.1, -0.05) is 6.92 Å². The largest absolute Gasteiger partial charge is 0.328 e. The zero-order chi connectivity index (χ0) is 8.10. The fourth-order valence-electron chi connectivity index (χ4n) is 1.04. The minimum absolute atomic E-state index is 0.426. The Morgan fingerprint density at radius 2 is 2.55 bits per heavy atom. The van der Waals surface area contributed by atoms with Crippen LogP contribution in [0.3, 0.4) is 0 Å². The molecule has 0 spiro atoms. The molecule has 0 atom stereocenters. The molecule has 3 nitrogen and oxygen atoms in total. The van der Waals surface area contributed by atoms with Crippen molar-refractivity contribution in [3.8, 4) is 0 Å². The lowest BCUT2D eigenvalue weighted by atomic mass is 10.3. The number of hydrogen-bond acceptors (Lipinski definition) is 2. The van der Waals surface area contributed by atoms with Gasteiger partial charge in [-0.05, 0) is 6.42 Å². The Hall–Kier alpha value is -1.12. The summed E-state index contributed by atoms with van der Waals surface area (Å²) in [5.41, 5.74) is 0. The molecule has 60 valence electrons. The third-order valence-electron chi connectivity index (χ3n) is 1.55.